The van der Waals surface area contributed by atoms with E-state index in [1.54, 1.807) is 6.07 Å². The molecule has 0 aliphatic heterocycles. The number of carbonyl (C=O) groups is 2. The topological polar surface area (TPSA) is 86.6 Å². The summed E-state index contributed by atoms with van der Waals surface area (Å²) in [5.74, 6) is -1.48. The number of aliphatic carboxylic acids is 1. The number of nitrogens with one attached hydrogen (secondary N) is 1. The Morgan fingerprint density at radius 2 is 2.10 bits per heavy atom. The van der Waals surface area contributed by atoms with E-state index in [-0.39, 0.29) is 17.9 Å². The number of phenols is 1. The van der Waals surface area contributed by atoms with Crippen LogP contribution in [0.4, 0.5) is 0 Å². The monoisotopic (exact) mass is 277 g/mol. The third kappa shape index (κ3) is 3.73. The summed E-state index contributed by atoms with van der Waals surface area (Å²) in [6, 6.07) is 4.78. The van der Waals surface area contributed by atoms with Crippen molar-refractivity contribution >= 4 is 11.9 Å². The molecule has 108 valence electrons. The van der Waals surface area contributed by atoms with Gasteiger partial charge in [0.15, 0.2) is 0 Å². The van der Waals surface area contributed by atoms with Crippen molar-refractivity contribution in [3.05, 3.63) is 29.3 Å². The zero-order valence-corrected chi connectivity index (χ0v) is 11.4. The number of carboxylic acids is 1. The molecule has 5 nitrogen and oxygen atoms in total. The van der Waals surface area contributed by atoms with Crippen LogP contribution in [0.1, 0.15) is 35.2 Å². The summed E-state index contributed by atoms with van der Waals surface area (Å²) in [5.41, 5.74) is 1.03. The Balaban J connectivity index is 1.94. The van der Waals surface area contributed by atoms with Gasteiger partial charge in [0.25, 0.3) is 5.91 Å². The first-order valence-corrected chi connectivity index (χ1v) is 6.78. The van der Waals surface area contributed by atoms with Gasteiger partial charge in [0.1, 0.15) is 5.75 Å². The second-order valence-electron chi connectivity index (χ2n) is 5.44. The molecule has 1 atom stereocenters. The van der Waals surface area contributed by atoms with Crippen molar-refractivity contribution in [3.8, 4) is 5.75 Å². The van der Waals surface area contributed by atoms with E-state index in [0.717, 1.165) is 18.4 Å². The molecule has 1 aromatic rings. The molecule has 1 aliphatic rings. The zero-order chi connectivity index (χ0) is 14.7. The molecule has 1 unspecified atom stereocenters. The molecule has 0 bridgehead atoms. The highest BCUT2D eigenvalue weighted by molar-refractivity contribution is 5.97. The summed E-state index contributed by atoms with van der Waals surface area (Å²) in [4.78, 5) is 23.1. The summed E-state index contributed by atoms with van der Waals surface area (Å²) in [7, 11) is 0. The van der Waals surface area contributed by atoms with Gasteiger partial charge >= 0.3 is 5.97 Å². The minimum Gasteiger partial charge on any atom is -0.507 e. The molecule has 1 fully saturated rings. The maximum absolute atomic E-state index is 11.9. The second-order valence-corrected chi connectivity index (χ2v) is 5.44. The third-order valence-electron chi connectivity index (χ3n) is 3.57. The Morgan fingerprint density at radius 3 is 2.65 bits per heavy atom. The highest BCUT2D eigenvalue weighted by atomic mass is 16.4. The highest BCUT2D eigenvalue weighted by Crippen LogP contribution is 2.35. The smallest absolute Gasteiger partial charge is 0.308 e. The van der Waals surface area contributed by atoms with Gasteiger partial charge in [0.2, 0.25) is 0 Å². The van der Waals surface area contributed by atoms with Crippen molar-refractivity contribution in [2.45, 2.75) is 26.2 Å². The first-order valence-electron chi connectivity index (χ1n) is 6.78. The molecule has 1 aromatic carbocycles. The van der Waals surface area contributed by atoms with E-state index in [9.17, 15) is 14.7 Å². The fourth-order valence-electron chi connectivity index (χ4n) is 2.17. The molecule has 1 saturated carbocycles. The quantitative estimate of drug-likeness (QED) is 0.741. The predicted molar refractivity (Wildman–Crippen MR) is 73.6 cm³/mol. The maximum atomic E-state index is 11.9. The summed E-state index contributed by atoms with van der Waals surface area (Å²) in [6.45, 7) is 1.91. The van der Waals surface area contributed by atoms with Gasteiger partial charge in [-0.25, -0.2) is 0 Å². The standard InChI is InChI=1S/C15H19NO4/c1-9-2-5-12(13(17)6-9)14(18)16-8-11(15(19)20)7-10-3-4-10/h2,5-6,10-11,17H,3-4,7-8H2,1H3,(H,16,18)(H,19,20). The van der Waals surface area contributed by atoms with Crippen molar-refractivity contribution in [2.75, 3.05) is 6.54 Å². The summed E-state index contributed by atoms with van der Waals surface area (Å²) in [5, 5.41) is 21.4. The molecule has 0 saturated heterocycles. The number of hydrogen-bond donors (Lipinski definition) is 3. The first kappa shape index (κ1) is 14.4. The Morgan fingerprint density at radius 1 is 1.40 bits per heavy atom. The number of carboxylic acid groups (broad SMARTS) is 1. The average molecular weight is 277 g/mol. The summed E-state index contributed by atoms with van der Waals surface area (Å²) in [6.07, 6.45) is 2.77. The number of amides is 1. The Bertz CT molecular complexity index is 523. The highest BCUT2D eigenvalue weighted by Gasteiger charge is 2.29. The van der Waals surface area contributed by atoms with E-state index >= 15 is 0 Å². The van der Waals surface area contributed by atoms with Crippen LogP contribution in [0.3, 0.4) is 0 Å². The van der Waals surface area contributed by atoms with Gasteiger partial charge in [-0.05, 0) is 37.0 Å². The molecule has 1 aliphatic carbocycles. The van der Waals surface area contributed by atoms with Crippen LogP contribution in [0.5, 0.6) is 5.75 Å². The van der Waals surface area contributed by atoms with E-state index in [2.05, 4.69) is 5.32 Å². The van der Waals surface area contributed by atoms with E-state index in [4.69, 9.17) is 5.11 Å². The van der Waals surface area contributed by atoms with Crippen LogP contribution in [0.15, 0.2) is 18.2 Å². The summed E-state index contributed by atoms with van der Waals surface area (Å²) < 4.78 is 0. The lowest BCUT2D eigenvalue weighted by Gasteiger charge is -2.13. The predicted octanol–water partition coefficient (Wildman–Crippen LogP) is 1.93. The number of aromatic hydroxyl groups is 1. The van der Waals surface area contributed by atoms with Crippen molar-refractivity contribution < 1.29 is 19.8 Å². The molecule has 5 heteroatoms. The van der Waals surface area contributed by atoms with Gasteiger partial charge in [0.05, 0.1) is 11.5 Å². The maximum Gasteiger partial charge on any atom is 0.308 e. The molecule has 0 heterocycles. The van der Waals surface area contributed by atoms with E-state index in [1.807, 2.05) is 6.92 Å². The lowest BCUT2D eigenvalue weighted by Crippen LogP contribution is -2.33. The number of rotatable bonds is 6. The number of benzene rings is 1. The van der Waals surface area contributed by atoms with Crippen molar-refractivity contribution in [3.63, 3.8) is 0 Å². The molecule has 0 radical (unpaired) electrons. The van der Waals surface area contributed by atoms with Crippen molar-refractivity contribution in [1.29, 1.82) is 0 Å². The Kier molecular flexibility index (Phi) is 4.27. The van der Waals surface area contributed by atoms with Crippen LogP contribution in [0, 0.1) is 18.8 Å². The molecule has 20 heavy (non-hydrogen) atoms. The Hall–Kier alpha value is -2.04. The lowest BCUT2D eigenvalue weighted by atomic mass is 10.0. The molecular weight excluding hydrogens is 258 g/mol. The largest absolute Gasteiger partial charge is 0.507 e. The molecule has 2 rings (SSSR count). The molecule has 3 N–H and O–H groups in total. The van der Waals surface area contributed by atoms with Crippen molar-refractivity contribution in [2.24, 2.45) is 11.8 Å². The SMILES string of the molecule is Cc1ccc(C(=O)NCC(CC2CC2)C(=O)O)c(O)c1. The number of phenolic OH excluding ortho intramolecular Hbond substituents is 1. The van der Waals surface area contributed by atoms with Crippen LogP contribution < -0.4 is 5.32 Å². The van der Waals surface area contributed by atoms with Gasteiger partial charge in [-0.1, -0.05) is 18.9 Å². The van der Waals surface area contributed by atoms with Gasteiger partial charge in [-0.15, -0.1) is 0 Å². The lowest BCUT2D eigenvalue weighted by molar-refractivity contribution is -0.141. The van der Waals surface area contributed by atoms with Gasteiger partial charge < -0.3 is 15.5 Å². The molecule has 1 amide bonds. The number of hydrogen-bond acceptors (Lipinski definition) is 3. The minimum atomic E-state index is -0.884. The average Bonchev–Trinajstić information content (AvgIpc) is 3.17. The zero-order valence-electron chi connectivity index (χ0n) is 11.4. The fourth-order valence-corrected chi connectivity index (χ4v) is 2.17. The molecule has 0 spiro atoms. The Labute approximate surface area is 117 Å². The second kappa shape index (κ2) is 5.94. The van der Waals surface area contributed by atoms with E-state index < -0.39 is 17.8 Å². The summed E-state index contributed by atoms with van der Waals surface area (Å²) >= 11 is 0. The number of carbonyl (C=O) groups excluding carboxylic acids is 1. The van der Waals surface area contributed by atoms with Gasteiger partial charge in [-0.3, -0.25) is 9.59 Å². The first-order chi connectivity index (χ1) is 9.47. The van der Waals surface area contributed by atoms with Crippen LogP contribution in [0.25, 0.3) is 0 Å². The van der Waals surface area contributed by atoms with Crippen molar-refractivity contribution in [1.82, 2.24) is 5.32 Å². The van der Waals surface area contributed by atoms with E-state index in [1.165, 1.54) is 12.1 Å². The molecule has 0 aromatic heterocycles. The van der Waals surface area contributed by atoms with Crippen LogP contribution in [0.2, 0.25) is 0 Å². The fraction of sp³-hybridized carbons (Fsp3) is 0.467. The van der Waals surface area contributed by atoms with Crippen LogP contribution in [-0.4, -0.2) is 28.6 Å². The van der Waals surface area contributed by atoms with Crippen LogP contribution in [-0.2, 0) is 4.79 Å². The normalized spacial score (nSPS) is 15.7. The van der Waals surface area contributed by atoms with E-state index in [0.29, 0.717) is 12.3 Å². The number of aryl methyl sites for hydroxylation is 1. The third-order valence-corrected chi connectivity index (χ3v) is 3.57. The van der Waals surface area contributed by atoms with Gasteiger partial charge in [-0.2, -0.15) is 0 Å². The minimum absolute atomic E-state index is 0.0865. The van der Waals surface area contributed by atoms with Crippen LogP contribution >= 0.6 is 0 Å². The molecular formula is C15H19NO4. The van der Waals surface area contributed by atoms with Gasteiger partial charge in [0, 0.05) is 6.54 Å².